The summed E-state index contributed by atoms with van der Waals surface area (Å²) in [5.41, 5.74) is 12.2. The monoisotopic (exact) mass is 951 g/mol. The maximum atomic E-state index is 14.7. The molecule has 5 heterocycles. The Morgan fingerprint density at radius 1 is 1.00 bits per heavy atom. The minimum absolute atomic E-state index is 0.00156. The molecule has 0 spiro atoms. The number of allylic oxidation sites excluding steroid dienone is 2. The van der Waals surface area contributed by atoms with Gasteiger partial charge in [-0.15, -0.1) is 0 Å². The summed E-state index contributed by atoms with van der Waals surface area (Å²) in [5, 5.41) is 25.2. The summed E-state index contributed by atoms with van der Waals surface area (Å²) in [7, 11) is 3.48. The third kappa shape index (κ3) is 10.0. The van der Waals surface area contributed by atoms with Gasteiger partial charge in [0.05, 0.1) is 41.2 Å². The van der Waals surface area contributed by atoms with Crippen molar-refractivity contribution in [1.82, 2.24) is 40.0 Å². The average Bonchev–Trinajstić information content (AvgIpc) is 3.93. The molecule has 0 radical (unpaired) electrons. The van der Waals surface area contributed by atoms with Crippen LogP contribution < -0.4 is 26.0 Å². The summed E-state index contributed by atoms with van der Waals surface area (Å²) in [4.78, 5) is 32.4. The predicted octanol–water partition coefficient (Wildman–Crippen LogP) is 7.33. The van der Waals surface area contributed by atoms with Crippen molar-refractivity contribution < 1.29 is 27.8 Å². The first-order valence-corrected chi connectivity index (χ1v) is 24.2. The summed E-state index contributed by atoms with van der Waals surface area (Å²) >= 11 is 6.17. The van der Waals surface area contributed by atoms with E-state index in [9.17, 15) is 18.4 Å². The number of hydrogen-bond acceptors (Lipinski definition) is 11. The third-order valence-electron chi connectivity index (χ3n) is 14.4. The first-order chi connectivity index (χ1) is 32.8. The Kier molecular flexibility index (Phi) is 14.0. The van der Waals surface area contributed by atoms with Crippen LogP contribution in [0.3, 0.4) is 0 Å². The van der Waals surface area contributed by atoms with Crippen molar-refractivity contribution in [3.8, 4) is 22.9 Å². The van der Waals surface area contributed by atoms with E-state index in [0.717, 1.165) is 106 Å². The highest BCUT2D eigenvalue weighted by Gasteiger charge is 2.39. The minimum Gasteiger partial charge on any atom is -0.490 e. The second-order valence-corrected chi connectivity index (χ2v) is 19.2. The van der Waals surface area contributed by atoms with Crippen molar-refractivity contribution in [2.45, 2.75) is 121 Å². The van der Waals surface area contributed by atoms with Crippen LogP contribution >= 0.6 is 11.6 Å². The first kappa shape index (κ1) is 47.0. The quantitative estimate of drug-likeness (QED) is 0.0697. The van der Waals surface area contributed by atoms with Crippen LogP contribution in [0.5, 0.6) is 5.75 Å². The summed E-state index contributed by atoms with van der Waals surface area (Å²) in [6.45, 7) is 5.11. The number of amides is 2. The highest BCUT2D eigenvalue weighted by atomic mass is 35.5. The maximum absolute atomic E-state index is 14.7. The Balaban J connectivity index is 0.786. The number of aromatic nitrogens is 4. The van der Waals surface area contributed by atoms with Gasteiger partial charge < -0.3 is 35.6 Å². The number of likely N-dealkylation sites (N-methyl/N-ethyl adjacent to an activating group) is 1. The molecule has 2 aromatic carbocycles. The van der Waals surface area contributed by atoms with Crippen molar-refractivity contribution in [2.24, 2.45) is 12.8 Å². The van der Waals surface area contributed by atoms with Crippen LogP contribution in [0.2, 0.25) is 5.02 Å². The molecule has 2 amide bonds. The second-order valence-electron chi connectivity index (χ2n) is 18.8. The predicted molar refractivity (Wildman–Crippen MR) is 254 cm³/mol. The van der Waals surface area contributed by atoms with Gasteiger partial charge in [0.2, 0.25) is 5.91 Å². The number of carbonyl (C=O) groups excluding carboxylic acids is 2. The van der Waals surface area contributed by atoms with Crippen LogP contribution in [-0.2, 0) is 40.8 Å². The summed E-state index contributed by atoms with van der Waals surface area (Å²) in [6.07, 6.45) is 12.9. The number of alkyl halides is 2. The van der Waals surface area contributed by atoms with Crippen LogP contribution in [0.1, 0.15) is 105 Å². The number of halogens is 3. The molecule has 360 valence electrons. The maximum Gasteiger partial charge on any atom is 0.267 e. The SMILES string of the molecule is CN/C(=C\C=C(/N)OC1CC(N2CCC(n3nc(N4CCCc5cc(-c6cnn(C)c6)c(C(F)F)cc54)c4c3CCN(C(C)=O)C4)CC2)C1)C(=O)NC1CCC(Oc2ccc(C#N)c(Cl)c2)CC1. The highest BCUT2D eigenvalue weighted by molar-refractivity contribution is 6.31. The number of aryl methyl sites for hydroxylation is 2. The van der Waals surface area contributed by atoms with E-state index < -0.39 is 6.43 Å². The zero-order chi connectivity index (χ0) is 47.6. The van der Waals surface area contributed by atoms with Crippen molar-refractivity contribution >= 4 is 34.9 Å². The van der Waals surface area contributed by atoms with Gasteiger partial charge in [0, 0.05) is 119 Å². The zero-order valence-electron chi connectivity index (χ0n) is 38.9. The van der Waals surface area contributed by atoms with E-state index >= 15 is 0 Å². The second kappa shape index (κ2) is 20.2. The lowest BCUT2D eigenvalue weighted by Gasteiger charge is -2.45. The summed E-state index contributed by atoms with van der Waals surface area (Å²) in [6, 6.07) is 11.2. The number of nitrogens with zero attached hydrogens (tertiary/aromatic N) is 8. The number of hydrogen-bond donors (Lipinski definition) is 3. The Labute approximate surface area is 400 Å². The molecule has 18 heteroatoms. The van der Waals surface area contributed by atoms with Crippen LogP contribution in [0, 0.1) is 11.3 Å². The van der Waals surface area contributed by atoms with Gasteiger partial charge in [0.15, 0.2) is 11.7 Å². The average molecular weight is 953 g/mol. The zero-order valence-corrected chi connectivity index (χ0v) is 39.7. The number of fused-ring (bicyclic) bond motifs is 2. The van der Waals surface area contributed by atoms with E-state index in [0.29, 0.717) is 65.3 Å². The fourth-order valence-corrected chi connectivity index (χ4v) is 10.8. The van der Waals surface area contributed by atoms with Crippen molar-refractivity contribution in [1.29, 1.82) is 5.26 Å². The molecule has 0 bridgehead atoms. The van der Waals surface area contributed by atoms with Gasteiger partial charge in [-0.25, -0.2) is 8.78 Å². The lowest BCUT2D eigenvalue weighted by Crippen LogP contribution is -2.51. The lowest BCUT2D eigenvalue weighted by atomic mass is 9.86. The van der Waals surface area contributed by atoms with E-state index in [1.807, 2.05) is 11.0 Å². The van der Waals surface area contributed by atoms with Crippen LogP contribution in [0.15, 0.2) is 66.5 Å². The summed E-state index contributed by atoms with van der Waals surface area (Å²) in [5.74, 6) is 1.45. The van der Waals surface area contributed by atoms with Crippen LogP contribution in [-0.4, -0.2) is 98.7 Å². The molecule has 4 aromatic rings. The molecule has 15 nitrogen and oxygen atoms in total. The largest absolute Gasteiger partial charge is 0.490 e. The van der Waals surface area contributed by atoms with Crippen molar-refractivity contribution in [3.63, 3.8) is 0 Å². The molecule has 3 aliphatic heterocycles. The van der Waals surface area contributed by atoms with Gasteiger partial charge in [0.25, 0.3) is 12.3 Å². The van der Waals surface area contributed by atoms with E-state index in [-0.39, 0.29) is 47.6 Å². The number of rotatable bonds is 13. The molecule has 2 aromatic heterocycles. The van der Waals surface area contributed by atoms with Crippen LogP contribution in [0.25, 0.3) is 11.1 Å². The van der Waals surface area contributed by atoms with Gasteiger partial charge in [-0.05, 0) is 98.9 Å². The van der Waals surface area contributed by atoms with E-state index in [1.165, 1.54) is 0 Å². The summed E-state index contributed by atoms with van der Waals surface area (Å²) < 4.78 is 45.5. The minimum atomic E-state index is -2.67. The number of carbonyl (C=O) groups is 2. The van der Waals surface area contributed by atoms with Gasteiger partial charge >= 0.3 is 0 Å². The van der Waals surface area contributed by atoms with Gasteiger partial charge in [-0.3, -0.25) is 23.9 Å². The number of nitriles is 1. The number of nitrogens with two attached hydrogens (primary N) is 1. The van der Waals surface area contributed by atoms with E-state index in [4.69, 9.17) is 37.2 Å². The molecule has 9 rings (SSSR count). The standard InChI is InChI=1S/C50H60ClF2N11O4/c1-30(65)62-20-16-45-42(29-62)49(63-17-4-5-31-21-40(33-27-57-60(3)28-33)41(48(52)53)25-46(31)63)59-64(45)35-14-18-61(19-15-35)36-22-39(23-36)68-47(55)13-12-44(56-2)50(66)58-34-7-10-37(11-8-34)67-38-9-6-32(26-54)43(51)24-38/h6,9,12-13,21,24-25,27-28,34-37,39,48,56H,4-5,7-8,10-11,14-20,22-23,29,55H2,1-3H3,(H,58,66)/b44-12-,47-13+. The molecule has 2 saturated carbocycles. The molecule has 5 aliphatic rings. The number of piperidine rings is 1. The molecule has 1 saturated heterocycles. The molecule has 2 aliphatic carbocycles. The molecule has 68 heavy (non-hydrogen) atoms. The smallest absolute Gasteiger partial charge is 0.267 e. The van der Waals surface area contributed by atoms with Crippen molar-refractivity contribution in [2.75, 3.05) is 38.1 Å². The fraction of sp³-hybridized carbons (Fsp3) is 0.500. The Morgan fingerprint density at radius 2 is 1.78 bits per heavy atom. The third-order valence-corrected chi connectivity index (χ3v) is 14.7. The Hall–Kier alpha value is -6.12. The molecule has 4 N–H and O–H groups in total. The normalized spacial score (nSPS) is 22.5. The fourth-order valence-electron chi connectivity index (χ4n) is 10.6. The molecule has 3 fully saturated rings. The number of likely N-dealkylation sites (tertiary alicyclic amines) is 1. The van der Waals surface area contributed by atoms with Crippen LogP contribution in [0.4, 0.5) is 20.3 Å². The lowest BCUT2D eigenvalue weighted by molar-refractivity contribution is -0.129. The van der Waals surface area contributed by atoms with E-state index in [1.54, 1.807) is 74.5 Å². The molecule has 0 unspecified atom stereocenters. The first-order valence-electron chi connectivity index (χ1n) is 23.9. The number of anilines is 2. The molecular formula is C50H60ClF2N11O4. The number of nitrogens with one attached hydrogen (secondary N) is 2. The Morgan fingerprint density at radius 3 is 2.46 bits per heavy atom. The van der Waals surface area contributed by atoms with Gasteiger partial charge in [-0.2, -0.15) is 15.5 Å². The molecule has 0 atom stereocenters. The van der Waals surface area contributed by atoms with Crippen molar-refractivity contribution in [3.05, 3.63) is 99.4 Å². The topological polar surface area (TPSA) is 172 Å². The highest BCUT2D eigenvalue weighted by Crippen LogP contribution is 2.44. The van der Waals surface area contributed by atoms with Gasteiger partial charge in [0.1, 0.15) is 17.9 Å². The Bertz CT molecular complexity index is 2620. The number of ether oxygens (including phenoxy) is 2. The molecular weight excluding hydrogens is 892 g/mol. The van der Waals surface area contributed by atoms with E-state index in [2.05, 4.69) is 36.3 Å². The number of benzene rings is 2. The van der Waals surface area contributed by atoms with Gasteiger partial charge in [-0.1, -0.05) is 11.6 Å².